The second-order valence-corrected chi connectivity index (χ2v) is 7.26. The van der Waals surface area contributed by atoms with E-state index < -0.39 is 0 Å². The number of carbonyl (C=O) groups excluding carboxylic acids is 1. The van der Waals surface area contributed by atoms with Gasteiger partial charge in [-0.3, -0.25) is 9.78 Å². The Morgan fingerprint density at radius 2 is 1.93 bits per heavy atom. The minimum atomic E-state index is -0.00997. The molecule has 3 aromatic rings. The van der Waals surface area contributed by atoms with E-state index in [0.29, 0.717) is 5.56 Å². The summed E-state index contributed by atoms with van der Waals surface area (Å²) in [5.74, 6) is -0.00997. The Bertz CT molecular complexity index is 1010. The molecule has 0 bridgehead atoms. The van der Waals surface area contributed by atoms with Crippen LogP contribution in [-0.2, 0) is 6.42 Å². The Labute approximate surface area is 159 Å². The van der Waals surface area contributed by atoms with Gasteiger partial charge in [0.05, 0.1) is 17.4 Å². The molecule has 0 aliphatic carbocycles. The van der Waals surface area contributed by atoms with Crippen molar-refractivity contribution in [2.24, 2.45) is 0 Å². The standard InChI is InChI=1S/C23H23N3O/c1-15-8-9-21(16(2)10-15)25-20-12-19(13-24-14-20)23(27)26-17(3)11-18-6-4-5-7-22(18)26/h4-10,12-14,17,25H,11H2,1-3H3. The average molecular weight is 357 g/mol. The Morgan fingerprint density at radius 3 is 2.74 bits per heavy atom. The Hall–Kier alpha value is -3.14. The van der Waals surface area contributed by atoms with Crippen molar-refractivity contribution in [2.45, 2.75) is 33.2 Å². The summed E-state index contributed by atoms with van der Waals surface area (Å²) in [5.41, 5.74) is 7.03. The maximum Gasteiger partial charge on any atom is 0.260 e. The van der Waals surface area contributed by atoms with Crippen LogP contribution in [0.15, 0.2) is 60.9 Å². The number of aryl methyl sites for hydroxylation is 2. The number of para-hydroxylation sites is 1. The highest BCUT2D eigenvalue weighted by Gasteiger charge is 2.31. The van der Waals surface area contributed by atoms with Crippen LogP contribution in [0.5, 0.6) is 0 Å². The van der Waals surface area contributed by atoms with Gasteiger partial charge in [0.25, 0.3) is 5.91 Å². The first-order valence-electron chi connectivity index (χ1n) is 9.24. The molecule has 27 heavy (non-hydrogen) atoms. The lowest BCUT2D eigenvalue weighted by atomic mass is 10.1. The third-order valence-electron chi connectivity index (χ3n) is 5.07. The number of amides is 1. The smallest absolute Gasteiger partial charge is 0.260 e. The number of anilines is 3. The highest BCUT2D eigenvalue weighted by Crippen LogP contribution is 2.33. The Morgan fingerprint density at radius 1 is 1.11 bits per heavy atom. The topological polar surface area (TPSA) is 45.2 Å². The normalized spacial score (nSPS) is 15.5. The summed E-state index contributed by atoms with van der Waals surface area (Å²) in [7, 11) is 0. The van der Waals surface area contributed by atoms with E-state index in [4.69, 9.17) is 0 Å². The second kappa shape index (κ2) is 6.88. The Kier molecular flexibility index (Phi) is 4.40. The first-order chi connectivity index (χ1) is 13.0. The lowest BCUT2D eigenvalue weighted by Gasteiger charge is -2.23. The molecular formula is C23H23N3O. The van der Waals surface area contributed by atoms with Gasteiger partial charge in [-0.05, 0) is 56.5 Å². The number of carbonyl (C=O) groups is 1. The number of nitrogens with zero attached hydrogens (tertiary/aromatic N) is 2. The first kappa shape index (κ1) is 17.3. The molecule has 1 aliphatic heterocycles. The lowest BCUT2D eigenvalue weighted by Crippen LogP contribution is -2.35. The number of benzene rings is 2. The van der Waals surface area contributed by atoms with Crippen molar-refractivity contribution < 1.29 is 4.79 Å². The molecule has 0 saturated carbocycles. The van der Waals surface area contributed by atoms with Gasteiger partial charge in [0.2, 0.25) is 0 Å². The van der Waals surface area contributed by atoms with Crippen molar-refractivity contribution in [3.05, 3.63) is 83.2 Å². The average Bonchev–Trinajstić information content (AvgIpc) is 2.99. The van der Waals surface area contributed by atoms with Crippen molar-refractivity contribution in [3.63, 3.8) is 0 Å². The molecule has 2 aromatic carbocycles. The summed E-state index contributed by atoms with van der Waals surface area (Å²) < 4.78 is 0. The summed E-state index contributed by atoms with van der Waals surface area (Å²) in [5, 5.41) is 3.38. The van der Waals surface area contributed by atoms with Crippen molar-refractivity contribution in [3.8, 4) is 0 Å². The van der Waals surface area contributed by atoms with Gasteiger partial charge in [-0.1, -0.05) is 35.9 Å². The van der Waals surface area contributed by atoms with Gasteiger partial charge in [-0.25, -0.2) is 0 Å². The van der Waals surface area contributed by atoms with E-state index in [9.17, 15) is 4.79 Å². The van der Waals surface area contributed by atoms with Crippen LogP contribution in [0.1, 0.15) is 34.0 Å². The zero-order valence-electron chi connectivity index (χ0n) is 15.9. The second-order valence-electron chi connectivity index (χ2n) is 7.26. The van der Waals surface area contributed by atoms with Crippen LogP contribution >= 0.6 is 0 Å². The van der Waals surface area contributed by atoms with Gasteiger partial charge < -0.3 is 10.2 Å². The number of fused-ring (bicyclic) bond motifs is 1. The zero-order chi connectivity index (χ0) is 19.0. The fourth-order valence-electron chi connectivity index (χ4n) is 3.75. The minimum Gasteiger partial charge on any atom is -0.354 e. The van der Waals surface area contributed by atoms with E-state index in [0.717, 1.165) is 29.0 Å². The lowest BCUT2D eigenvalue weighted by molar-refractivity contribution is 0.0981. The number of aromatic nitrogens is 1. The van der Waals surface area contributed by atoms with Gasteiger partial charge in [-0.15, -0.1) is 0 Å². The SMILES string of the molecule is Cc1ccc(Nc2cncc(C(=O)N3c4ccccc4CC3C)c2)c(C)c1. The van der Waals surface area contributed by atoms with Crippen LogP contribution in [0.3, 0.4) is 0 Å². The van der Waals surface area contributed by atoms with Crippen LogP contribution < -0.4 is 10.2 Å². The molecule has 4 nitrogen and oxygen atoms in total. The summed E-state index contributed by atoms with van der Waals surface area (Å²) in [6, 6.07) is 16.4. The molecule has 1 aliphatic rings. The van der Waals surface area contributed by atoms with Crippen molar-refractivity contribution in [1.29, 1.82) is 0 Å². The van der Waals surface area contributed by atoms with Crippen LogP contribution in [0.2, 0.25) is 0 Å². The quantitative estimate of drug-likeness (QED) is 0.715. The predicted molar refractivity (Wildman–Crippen MR) is 110 cm³/mol. The zero-order valence-corrected chi connectivity index (χ0v) is 15.9. The molecule has 1 amide bonds. The summed E-state index contributed by atoms with van der Waals surface area (Å²) in [6.07, 6.45) is 4.27. The largest absolute Gasteiger partial charge is 0.354 e. The molecule has 1 aromatic heterocycles. The third kappa shape index (κ3) is 3.31. The van der Waals surface area contributed by atoms with Crippen molar-refractivity contribution in [1.82, 2.24) is 4.98 Å². The van der Waals surface area contributed by atoms with Gasteiger partial charge in [0.15, 0.2) is 0 Å². The van der Waals surface area contributed by atoms with E-state index in [2.05, 4.69) is 55.3 Å². The monoisotopic (exact) mass is 357 g/mol. The molecule has 4 heteroatoms. The first-order valence-corrected chi connectivity index (χ1v) is 9.24. The molecule has 0 spiro atoms. The molecule has 0 saturated heterocycles. The minimum absolute atomic E-state index is 0.00997. The fraction of sp³-hybridized carbons (Fsp3) is 0.217. The van der Waals surface area contributed by atoms with Gasteiger partial charge in [0.1, 0.15) is 0 Å². The highest BCUT2D eigenvalue weighted by molar-refractivity contribution is 6.08. The Balaban J connectivity index is 1.62. The van der Waals surface area contributed by atoms with E-state index >= 15 is 0 Å². The molecule has 136 valence electrons. The van der Waals surface area contributed by atoms with E-state index in [1.807, 2.05) is 29.2 Å². The molecule has 4 rings (SSSR count). The molecular weight excluding hydrogens is 334 g/mol. The summed E-state index contributed by atoms with van der Waals surface area (Å²) >= 11 is 0. The third-order valence-corrected chi connectivity index (χ3v) is 5.07. The van der Waals surface area contributed by atoms with Crippen molar-refractivity contribution >= 4 is 23.0 Å². The molecule has 1 unspecified atom stereocenters. The molecule has 2 heterocycles. The van der Waals surface area contributed by atoms with E-state index in [1.54, 1.807) is 12.4 Å². The summed E-state index contributed by atoms with van der Waals surface area (Å²) in [6.45, 7) is 6.23. The number of hydrogen-bond donors (Lipinski definition) is 1. The van der Waals surface area contributed by atoms with Crippen LogP contribution in [-0.4, -0.2) is 16.9 Å². The predicted octanol–water partition coefficient (Wildman–Crippen LogP) is 5.03. The van der Waals surface area contributed by atoms with Gasteiger partial charge >= 0.3 is 0 Å². The molecule has 1 N–H and O–H groups in total. The molecule has 0 fully saturated rings. The summed E-state index contributed by atoms with van der Waals surface area (Å²) in [4.78, 5) is 19.4. The maximum atomic E-state index is 13.2. The van der Waals surface area contributed by atoms with Crippen LogP contribution in [0, 0.1) is 13.8 Å². The number of nitrogens with one attached hydrogen (secondary N) is 1. The van der Waals surface area contributed by atoms with Crippen molar-refractivity contribution in [2.75, 3.05) is 10.2 Å². The highest BCUT2D eigenvalue weighted by atomic mass is 16.2. The number of hydrogen-bond acceptors (Lipinski definition) is 3. The molecule has 1 atom stereocenters. The van der Waals surface area contributed by atoms with Crippen LogP contribution in [0.25, 0.3) is 0 Å². The fourth-order valence-corrected chi connectivity index (χ4v) is 3.75. The maximum absolute atomic E-state index is 13.2. The van der Waals surface area contributed by atoms with E-state index in [1.165, 1.54) is 11.1 Å². The van der Waals surface area contributed by atoms with E-state index in [-0.39, 0.29) is 11.9 Å². The van der Waals surface area contributed by atoms with Gasteiger partial charge in [-0.2, -0.15) is 0 Å². The number of rotatable bonds is 3. The number of pyridine rings is 1. The molecule has 0 radical (unpaired) electrons. The van der Waals surface area contributed by atoms with Crippen LogP contribution in [0.4, 0.5) is 17.1 Å². The van der Waals surface area contributed by atoms with Gasteiger partial charge in [0, 0.05) is 23.6 Å².